The van der Waals surface area contributed by atoms with Crippen LogP contribution in [-0.2, 0) is 15.8 Å². The molecule has 2 heterocycles. The van der Waals surface area contributed by atoms with Gasteiger partial charge in [0.15, 0.2) is 0 Å². The van der Waals surface area contributed by atoms with Gasteiger partial charge in [-0.25, -0.2) is 9.78 Å². The number of H-pyrrole nitrogens is 1. The third kappa shape index (κ3) is 4.88. The SMILES string of the molecule is CN(C)/C=C1/C(=O)NC(=O)N(CCNc2[nH+]cc(C(F)(F)F)cc2Cl)C1=O. The van der Waals surface area contributed by atoms with Gasteiger partial charge in [-0.05, 0) is 6.07 Å². The Morgan fingerprint density at radius 3 is 2.56 bits per heavy atom. The van der Waals surface area contributed by atoms with E-state index in [1.165, 1.54) is 11.1 Å². The molecule has 146 valence electrons. The van der Waals surface area contributed by atoms with Gasteiger partial charge >= 0.3 is 12.2 Å². The Kier molecular flexibility index (Phi) is 5.94. The second-order valence-corrected chi connectivity index (χ2v) is 6.17. The van der Waals surface area contributed by atoms with Crippen LogP contribution >= 0.6 is 11.6 Å². The molecule has 1 aliphatic rings. The standard InChI is InChI=1S/C15H15ClF3N5O3/c1-23(2)7-9-12(25)22-14(27)24(13(9)26)4-3-20-11-10(16)5-8(6-21-11)15(17,18)19/h5-7H,3-4H2,1-2H3,(H,20,21)(H,22,25,27)/p+1/b9-7-. The lowest BCUT2D eigenvalue weighted by molar-refractivity contribution is -0.364. The summed E-state index contributed by atoms with van der Waals surface area (Å²) in [4.78, 5) is 40.6. The highest BCUT2D eigenvalue weighted by Gasteiger charge is 2.36. The summed E-state index contributed by atoms with van der Waals surface area (Å²) in [6.45, 7) is -0.155. The molecule has 0 saturated carbocycles. The van der Waals surface area contributed by atoms with E-state index >= 15 is 0 Å². The number of halogens is 4. The van der Waals surface area contributed by atoms with Crippen molar-refractivity contribution >= 4 is 35.3 Å². The molecule has 3 N–H and O–H groups in total. The molecule has 2 rings (SSSR count). The maximum atomic E-state index is 12.6. The summed E-state index contributed by atoms with van der Waals surface area (Å²) >= 11 is 5.80. The molecular weight excluding hydrogens is 391 g/mol. The van der Waals surface area contributed by atoms with Crippen LogP contribution in [0, 0.1) is 0 Å². The number of imide groups is 2. The molecule has 4 amide bonds. The van der Waals surface area contributed by atoms with Gasteiger partial charge in [0, 0.05) is 20.3 Å². The Balaban J connectivity index is 2.05. The summed E-state index contributed by atoms with van der Waals surface area (Å²) in [6.07, 6.45) is -2.52. The number of amides is 4. The molecule has 8 nitrogen and oxygen atoms in total. The number of aromatic amines is 1. The van der Waals surface area contributed by atoms with Gasteiger partial charge in [-0.2, -0.15) is 13.2 Å². The van der Waals surface area contributed by atoms with Crippen molar-refractivity contribution in [3.05, 3.63) is 34.6 Å². The van der Waals surface area contributed by atoms with E-state index in [0.717, 1.165) is 17.2 Å². The van der Waals surface area contributed by atoms with E-state index in [1.807, 2.05) is 5.32 Å². The summed E-state index contributed by atoms with van der Waals surface area (Å²) < 4.78 is 37.8. The quantitative estimate of drug-likeness (QED) is 0.564. The minimum absolute atomic E-state index is 0.00974. The van der Waals surface area contributed by atoms with Gasteiger partial charge in [-0.1, -0.05) is 11.6 Å². The van der Waals surface area contributed by atoms with Crippen molar-refractivity contribution < 1.29 is 32.5 Å². The first-order valence-electron chi connectivity index (χ1n) is 7.58. The highest BCUT2D eigenvalue weighted by Crippen LogP contribution is 2.31. The second kappa shape index (κ2) is 7.82. The van der Waals surface area contributed by atoms with Gasteiger partial charge in [0.05, 0.1) is 12.1 Å². The molecule has 0 aliphatic carbocycles. The van der Waals surface area contributed by atoms with Crippen LogP contribution < -0.4 is 15.6 Å². The first-order chi connectivity index (χ1) is 12.5. The largest absolute Gasteiger partial charge is 0.419 e. The molecule has 1 aromatic heterocycles. The Morgan fingerprint density at radius 1 is 1.33 bits per heavy atom. The number of anilines is 1. The molecule has 0 unspecified atom stereocenters. The normalized spacial score (nSPS) is 16.6. The number of nitrogens with one attached hydrogen (secondary N) is 3. The van der Waals surface area contributed by atoms with E-state index in [0.29, 0.717) is 0 Å². The fourth-order valence-electron chi connectivity index (χ4n) is 2.20. The highest BCUT2D eigenvalue weighted by molar-refractivity contribution is 6.32. The van der Waals surface area contributed by atoms with Crippen molar-refractivity contribution in [2.24, 2.45) is 0 Å². The second-order valence-electron chi connectivity index (χ2n) is 5.76. The molecule has 1 saturated heterocycles. The van der Waals surface area contributed by atoms with Crippen LogP contribution in [0.2, 0.25) is 5.02 Å². The summed E-state index contributed by atoms with van der Waals surface area (Å²) in [7, 11) is 3.22. The average molecular weight is 407 g/mol. The Bertz CT molecular complexity index is 810. The van der Waals surface area contributed by atoms with Crippen LogP contribution in [-0.4, -0.2) is 54.8 Å². The van der Waals surface area contributed by atoms with Crippen LogP contribution in [0.1, 0.15) is 5.56 Å². The molecule has 1 aromatic rings. The van der Waals surface area contributed by atoms with Crippen LogP contribution in [0.4, 0.5) is 23.8 Å². The van der Waals surface area contributed by atoms with Crippen molar-refractivity contribution in [2.45, 2.75) is 6.18 Å². The van der Waals surface area contributed by atoms with E-state index in [9.17, 15) is 27.6 Å². The van der Waals surface area contributed by atoms with E-state index in [-0.39, 0.29) is 29.5 Å². The Morgan fingerprint density at radius 2 is 2.00 bits per heavy atom. The number of carbonyl (C=O) groups is 3. The topological polar surface area (TPSA) is 95.9 Å². The molecule has 12 heteroatoms. The lowest BCUT2D eigenvalue weighted by atomic mass is 10.2. The first kappa shape index (κ1) is 20.5. The summed E-state index contributed by atoms with van der Waals surface area (Å²) in [5, 5.41) is 4.54. The lowest BCUT2D eigenvalue weighted by Gasteiger charge is -2.26. The minimum atomic E-state index is -4.54. The number of hydrogen-bond acceptors (Lipinski definition) is 5. The summed E-state index contributed by atoms with van der Waals surface area (Å²) in [6, 6.07) is -0.138. The van der Waals surface area contributed by atoms with Crippen molar-refractivity contribution in [3.8, 4) is 0 Å². The number of rotatable bonds is 5. The zero-order valence-electron chi connectivity index (χ0n) is 14.3. The highest BCUT2D eigenvalue weighted by atomic mass is 35.5. The van der Waals surface area contributed by atoms with Gasteiger partial charge in [0.2, 0.25) is 0 Å². The van der Waals surface area contributed by atoms with Crippen LogP contribution in [0.5, 0.6) is 0 Å². The number of carbonyl (C=O) groups excluding carboxylic acids is 3. The Labute approximate surface area is 157 Å². The van der Waals surface area contributed by atoms with Crippen molar-refractivity contribution in [1.82, 2.24) is 15.1 Å². The minimum Gasteiger partial charge on any atom is -0.383 e. The maximum Gasteiger partial charge on any atom is 0.419 e. The number of alkyl halides is 3. The smallest absolute Gasteiger partial charge is 0.383 e. The van der Waals surface area contributed by atoms with Gasteiger partial charge in [-0.15, -0.1) is 0 Å². The monoisotopic (exact) mass is 406 g/mol. The van der Waals surface area contributed by atoms with E-state index in [1.54, 1.807) is 14.1 Å². The molecule has 1 aliphatic heterocycles. The molecule has 1 fully saturated rings. The molecule has 0 aromatic carbocycles. The van der Waals surface area contributed by atoms with Gasteiger partial charge in [0.25, 0.3) is 17.6 Å². The fraction of sp³-hybridized carbons (Fsp3) is 0.333. The van der Waals surface area contributed by atoms with Crippen molar-refractivity contribution in [2.75, 3.05) is 32.5 Å². The zero-order chi connectivity index (χ0) is 20.4. The Hall–Kier alpha value is -2.82. The maximum absolute atomic E-state index is 12.6. The predicted molar refractivity (Wildman–Crippen MR) is 88.5 cm³/mol. The number of urea groups is 1. The molecular formula is C15H16ClF3N5O3+. The average Bonchev–Trinajstić information content (AvgIpc) is 2.54. The molecule has 0 atom stereocenters. The first-order valence-corrected chi connectivity index (χ1v) is 7.96. The van der Waals surface area contributed by atoms with Crippen molar-refractivity contribution in [1.29, 1.82) is 0 Å². The third-order valence-electron chi connectivity index (χ3n) is 3.43. The molecule has 0 spiro atoms. The van der Waals surface area contributed by atoms with Gasteiger partial charge in [-0.3, -0.25) is 25.1 Å². The van der Waals surface area contributed by atoms with Crippen LogP contribution in [0.15, 0.2) is 24.0 Å². The molecule has 27 heavy (non-hydrogen) atoms. The van der Waals surface area contributed by atoms with E-state index in [2.05, 4.69) is 10.3 Å². The van der Waals surface area contributed by atoms with Crippen LogP contribution in [0.25, 0.3) is 0 Å². The number of hydrogen-bond donors (Lipinski definition) is 2. The van der Waals surface area contributed by atoms with Crippen LogP contribution in [0.3, 0.4) is 0 Å². The van der Waals surface area contributed by atoms with E-state index in [4.69, 9.17) is 11.6 Å². The van der Waals surface area contributed by atoms with E-state index < -0.39 is 29.6 Å². The fourth-order valence-corrected chi connectivity index (χ4v) is 2.44. The number of barbiturate groups is 1. The zero-order valence-corrected chi connectivity index (χ0v) is 15.0. The summed E-state index contributed by atoms with van der Waals surface area (Å²) in [5.41, 5.74) is -1.15. The lowest BCUT2D eigenvalue weighted by Crippen LogP contribution is -2.55. The molecule has 0 radical (unpaired) electrons. The van der Waals surface area contributed by atoms with Gasteiger partial charge in [0.1, 0.15) is 23.3 Å². The predicted octanol–water partition coefficient (Wildman–Crippen LogP) is 1.11. The number of pyridine rings is 1. The van der Waals surface area contributed by atoms with Crippen molar-refractivity contribution in [3.63, 3.8) is 0 Å². The van der Waals surface area contributed by atoms with Gasteiger partial charge < -0.3 is 4.90 Å². The summed E-state index contributed by atoms with van der Waals surface area (Å²) in [5.74, 6) is -1.49. The number of nitrogens with zero attached hydrogens (tertiary/aromatic N) is 2. The molecule has 0 bridgehead atoms. The number of aromatic nitrogens is 1. The third-order valence-corrected chi connectivity index (χ3v) is 3.73.